The zero-order chi connectivity index (χ0) is 21.4. The molecule has 0 spiro atoms. The van der Waals surface area contributed by atoms with Gasteiger partial charge in [-0.15, -0.1) is 0 Å². The third kappa shape index (κ3) is 7.35. The molecule has 1 N–H and O–H groups in total. The standard InChI is InChI=1S/C24H30O5/c1-17(2)13-24(27,23(26)29-16-21-11-7-19(4)8-12-21)14-22(25)28-15-20-9-5-18(3)6-10-20/h5-12,17,27H,13-16H2,1-4H3. The summed E-state index contributed by atoms with van der Waals surface area (Å²) in [5.74, 6) is -1.45. The van der Waals surface area contributed by atoms with Crippen LogP contribution in [-0.4, -0.2) is 22.6 Å². The second-order valence-corrected chi connectivity index (χ2v) is 8.01. The maximum absolute atomic E-state index is 12.6. The Hall–Kier alpha value is -2.66. The summed E-state index contributed by atoms with van der Waals surface area (Å²) in [6.07, 6.45) is -0.330. The van der Waals surface area contributed by atoms with Crippen molar-refractivity contribution in [2.45, 2.75) is 59.4 Å². The average molecular weight is 398 g/mol. The minimum absolute atomic E-state index is 0.00294. The van der Waals surface area contributed by atoms with Crippen LogP contribution in [0.15, 0.2) is 48.5 Å². The number of aryl methyl sites for hydroxylation is 2. The van der Waals surface area contributed by atoms with E-state index in [-0.39, 0.29) is 25.6 Å². The second-order valence-electron chi connectivity index (χ2n) is 8.01. The molecule has 0 aliphatic carbocycles. The van der Waals surface area contributed by atoms with Gasteiger partial charge in [0.15, 0.2) is 5.60 Å². The third-order valence-corrected chi connectivity index (χ3v) is 4.57. The van der Waals surface area contributed by atoms with Gasteiger partial charge in [-0.1, -0.05) is 73.5 Å². The van der Waals surface area contributed by atoms with E-state index < -0.39 is 24.0 Å². The predicted octanol–water partition coefficient (Wildman–Crippen LogP) is 4.26. The van der Waals surface area contributed by atoms with Crippen LogP contribution < -0.4 is 0 Å². The van der Waals surface area contributed by atoms with Crippen LogP contribution in [0.2, 0.25) is 0 Å². The fourth-order valence-electron chi connectivity index (χ4n) is 3.01. The Balaban J connectivity index is 1.97. The predicted molar refractivity (Wildman–Crippen MR) is 111 cm³/mol. The van der Waals surface area contributed by atoms with Gasteiger partial charge in [-0.3, -0.25) is 4.79 Å². The van der Waals surface area contributed by atoms with E-state index in [1.54, 1.807) is 0 Å². The Morgan fingerprint density at radius 2 is 1.31 bits per heavy atom. The van der Waals surface area contributed by atoms with Crippen molar-refractivity contribution in [2.75, 3.05) is 0 Å². The third-order valence-electron chi connectivity index (χ3n) is 4.57. The lowest BCUT2D eigenvalue weighted by molar-refractivity contribution is -0.175. The fraction of sp³-hybridized carbons (Fsp3) is 0.417. The SMILES string of the molecule is Cc1ccc(COC(=O)CC(O)(CC(C)C)C(=O)OCc2ccc(C)cc2)cc1. The highest BCUT2D eigenvalue weighted by Gasteiger charge is 2.41. The first-order chi connectivity index (χ1) is 13.7. The number of hydrogen-bond donors (Lipinski definition) is 1. The second kappa shape index (κ2) is 10.2. The van der Waals surface area contributed by atoms with Gasteiger partial charge >= 0.3 is 11.9 Å². The molecule has 0 bridgehead atoms. The number of aliphatic hydroxyl groups is 1. The van der Waals surface area contributed by atoms with E-state index in [1.807, 2.05) is 76.2 Å². The quantitative estimate of drug-likeness (QED) is 0.639. The van der Waals surface area contributed by atoms with Crippen molar-refractivity contribution in [1.82, 2.24) is 0 Å². The van der Waals surface area contributed by atoms with E-state index in [0.717, 1.165) is 22.3 Å². The van der Waals surface area contributed by atoms with Crippen LogP contribution >= 0.6 is 0 Å². The monoisotopic (exact) mass is 398 g/mol. The van der Waals surface area contributed by atoms with Gasteiger partial charge in [-0.2, -0.15) is 0 Å². The summed E-state index contributed by atoms with van der Waals surface area (Å²) >= 11 is 0. The van der Waals surface area contributed by atoms with Gasteiger partial charge in [0, 0.05) is 0 Å². The van der Waals surface area contributed by atoms with Crippen molar-refractivity contribution in [2.24, 2.45) is 5.92 Å². The van der Waals surface area contributed by atoms with Crippen LogP contribution in [0.1, 0.15) is 48.9 Å². The Morgan fingerprint density at radius 1 is 0.862 bits per heavy atom. The lowest BCUT2D eigenvalue weighted by Gasteiger charge is -2.27. The van der Waals surface area contributed by atoms with E-state index in [9.17, 15) is 14.7 Å². The van der Waals surface area contributed by atoms with Crippen molar-refractivity contribution in [1.29, 1.82) is 0 Å². The van der Waals surface area contributed by atoms with Gasteiger partial charge in [-0.25, -0.2) is 4.79 Å². The number of carbonyl (C=O) groups excluding carboxylic acids is 2. The summed E-state index contributed by atoms with van der Waals surface area (Å²) in [6, 6.07) is 15.2. The summed E-state index contributed by atoms with van der Waals surface area (Å²) < 4.78 is 10.6. The van der Waals surface area contributed by atoms with Crippen molar-refractivity contribution >= 4 is 11.9 Å². The molecule has 2 aromatic carbocycles. The van der Waals surface area contributed by atoms with Crippen molar-refractivity contribution < 1.29 is 24.2 Å². The molecule has 0 amide bonds. The minimum Gasteiger partial charge on any atom is -0.461 e. The molecule has 29 heavy (non-hydrogen) atoms. The van der Waals surface area contributed by atoms with Crippen molar-refractivity contribution in [3.05, 3.63) is 70.8 Å². The number of hydrogen-bond acceptors (Lipinski definition) is 5. The van der Waals surface area contributed by atoms with Crippen LogP contribution in [0.5, 0.6) is 0 Å². The summed E-state index contributed by atoms with van der Waals surface area (Å²) in [4.78, 5) is 24.9. The number of ether oxygens (including phenoxy) is 2. The maximum Gasteiger partial charge on any atom is 0.339 e. The minimum atomic E-state index is -1.91. The first kappa shape index (κ1) is 22.6. The average Bonchev–Trinajstić information content (AvgIpc) is 2.66. The first-order valence-corrected chi connectivity index (χ1v) is 9.84. The Kier molecular flexibility index (Phi) is 7.97. The Morgan fingerprint density at radius 3 is 1.76 bits per heavy atom. The van der Waals surface area contributed by atoms with Gasteiger partial charge in [-0.05, 0) is 37.3 Å². The van der Waals surface area contributed by atoms with E-state index >= 15 is 0 Å². The summed E-state index contributed by atoms with van der Waals surface area (Å²) in [5, 5.41) is 10.9. The van der Waals surface area contributed by atoms with Crippen LogP contribution in [0, 0.1) is 19.8 Å². The lowest BCUT2D eigenvalue weighted by Crippen LogP contribution is -2.43. The molecule has 5 heteroatoms. The van der Waals surface area contributed by atoms with Crippen LogP contribution in [0.3, 0.4) is 0 Å². The molecule has 0 aromatic heterocycles. The van der Waals surface area contributed by atoms with Gasteiger partial charge < -0.3 is 14.6 Å². The molecule has 0 saturated heterocycles. The fourth-order valence-corrected chi connectivity index (χ4v) is 3.01. The van der Waals surface area contributed by atoms with Crippen molar-refractivity contribution in [3.8, 4) is 0 Å². The molecule has 0 saturated carbocycles. The molecule has 0 aliphatic heterocycles. The van der Waals surface area contributed by atoms with E-state index in [4.69, 9.17) is 9.47 Å². The number of carbonyl (C=O) groups is 2. The normalized spacial score (nSPS) is 13.0. The van der Waals surface area contributed by atoms with Crippen LogP contribution in [0.25, 0.3) is 0 Å². The highest BCUT2D eigenvalue weighted by atomic mass is 16.6. The zero-order valence-corrected chi connectivity index (χ0v) is 17.6. The summed E-state index contributed by atoms with van der Waals surface area (Å²) in [7, 11) is 0. The van der Waals surface area contributed by atoms with E-state index in [0.29, 0.717) is 0 Å². The highest BCUT2D eigenvalue weighted by molar-refractivity contribution is 5.85. The Labute approximate surface area is 172 Å². The highest BCUT2D eigenvalue weighted by Crippen LogP contribution is 2.24. The van der Waals surface area contributed by atoms with Crippen LogP contribution in [-0.2, 0) is 32.3 Å². The molecule has 1 unspecified atom stereocenters. The molecule has 2 rings (SSSR count). The van der Waals surface area contributed by atoms with Crippen molar-refractivity contribution in [3.63, 3.8) is 0 Å². The molecular weight excluding hydrogens is 368 g/mol. The topological polar surface area (TPSA) is 72.8 Å². The molecule has 0 heterocycles. The first-order valence-electron chi connectivity index (χ1n) is 9.84. The summed E-state index contributed by atoms with van der Waals surface area (Å²) in [5.41, 5.74) is 1.97. The van der Waals surface area contributed by atoms with Gasteiger partial charge in [0.25, 0.3) is 0 Å². The molecule has 0 aliphatic rings. The number of benzene rings is 2. The molecule has 0 fully saturated rings. The van der Waals surface area contributed by atoms with Gasteiger partial charge in [0.2, 0.25) is 0 Å². The van der Waals surface area contributed by atoms with E-state index in [2.05, 4.69) is 0 Å². The lowest BCUT2D eigenvalue weighted by atomic mass is 9.89. The molecule has 2 aromatic rings. The molecule has 5 nitrogen and oxygen atoms in total. The molecule has 156 valence electrons. The Bertz CT molecular complexity index is 808. The van der Waals surface area contributed by atoms with Gasteiger partial charge in [0.05, 0.1) is 6.42 Å². The molecule has 0 radical (unpaired) electrons. The largest absolute Gasteiger partial charge is 0.461 e. The summed E-state index contributed by atoms with van der Waals surface area (Å²) in [6.45, 7) is 7.82. The smallest absolute Gasteiger partial charge is 0.339 e. The van der Waals surface area contributed by atoms with Crippen LogP contribution in [0.4, 0.5) is 0 Å². The van der Waals surface area contributed by atoms with Gasteiger partial charge in [0.1, 0.15) is 13.2 Å². The number of rotatable bonds is 9. The molecule has 1 atom stereocenters. The maximum atomic E-state index is 12.6. The van der Waals surface area contributed by atoms with E-state index in [1.165, 1.54) is 0 Å². The zero-order valence-electron chi connectivity index (χ0n) is 17.6. The molecular formula is C24H30O5. The number of esters is 2.